The number of hydrogen-bond donors (Lipinski definition) is 1. The first-order valence-electron chi connectivity index (χ1n) is 4.44. The quantitative estimate of drug-likeness (QED) is 0.706. The summed E-state index contributed by atoms with van der Waals surface area (Å²) in [6.45, 7) is 8.65. The maximum absolute atomic E-state index is 5.60. The molecule has 0 aromatic rings. The van der Waals surface area contributed by atoms with Crippen LogP contribution >= 0.6 is 11.6 Å². The Morgan fingerprint density at radius 1 is 1.75 bits per heavy atom. The molecule has 0 aromatic heterocycles. The SMILES string of the molecule is C/C(=C\Cl)CN1CCN[C@H](C)C1. The van der Waals surface area contributed by atoms with E-state index >= 15 is 0 Å². The normalized spacial score (nSPS) is 27.6. The van der Waals surface area contributed by atoms with Crippen LogP contribution in [0.25, 0.3) is 0 Å². The summed E-state index contributed by atoms with van der Waals surface area (Å²) in [4.78, 5) is 2.43. The van der Waals surface area contributed by atoms with E-state index in [1.165, 1.54) is 5.57 Å². The number of nitrogens with zero attached hydrogens (tertiary/aromatic N) is 1. The highest BCUT2D eigenvalue weighted by Gasteiger charge is 2.14. The van der Waals surface area contributed by atoms with Gasteiger partial charge in [-0.2, -0.15) is 0 Å². The fourth-order valence-corrected chi connectivity index (χ4v) is 1.61. The lowest BCUT2D eigenvalue weighted by atomic mass is 10.2. The van der Waals surface area contributed by atoms with Crippen molar-refractivity contribution in [1.29, 1.82) is 0 Å². The predicted octanol–water partition coefficient (Wildman–Crippen LogP) is 1.42. The smallest absolute Gasteiger partial charge is 0.0203 e. The van der Waals surface area contributed by atoms with E-state index in [-0.39, 0.29) is 0 Å². The lowest BCUT2D eigenvalue weighted by Crippen LogP contribution is -2.49. The molecule has 1 N–H and O–H groups in total. The lowest BCUT2D eigenvalue weighted by Gasteiger charge is -2.31. The van der Waals surface area contributed by atoms with Crippen molar-refractivity contribution in [3.63, 3.8) is 0 Å². The number of hydrogen-bond acceptors (Lipinski definition) is 2. The topological polar surface area (TPSA) is 15.3 Å². The minimum atomic E-state index is 0.613. The van der Waals surface area contributed by atoms with Gasteiger partial charge >= 0.3 is 0 Å². The maximum Gasteiger partial charge on any atom is 0.0203 e. The van der Waals surface area contributed by atoms with E-state index in [2.05, 4.69) is 24.1 Å². The van der Waals surface area contributed by atoms with E-state index in [0.717, 1.165) is 26.2 Å². The van der Waals surface area contributed by atoms with Gasteiger partial charge in [0, 0.05) is 37.8 Å². The van der Waals surface area contributed by atoms with Crippen molar-refractivity contribution in [1.82, 2.24) is 10.2 Å². The van der Waals surface area contributed by atoms with Crippen LogP contribution in [0.2, 0.25) is 0 Å². The molecule has 0 radical (unpaired) electrons. The van der Waals surface area contributed by atoms with Crippen LogP contribution in [0.3, 0.4) is 0 Å². The Kier molecular flexibility index (Phi) is 4.06. The average Bonchev–Trinajstić information content (AvgIpc) is 2.04. The van der Waals surface area contributed by atoms with Crippen molar-refractivity contribution in [3.05, 3.63) is 11.1 Å². The molecule has 0 bridgehead atoms. The molecule has 0 saturated carbocycles. The summed E-state index contributed by atoms with van der Waals surface area (Å²) in [6.07, 6.45) is 0. The molecule has 0 aliphatic carbocycles. The second-order valence-corrected chi connectivity index (χ2v) is 3.76. The highest BCUT2D eigenvalue weighted by Crippen LogP contribution is 2.03. The van der Waals surface area contributed by atoms with Crippen LogP contribution in [0.15, 0.2) is 11.1 Å². The van der Waals surface area contributed by atoms with Gasteiger partial charge in [0.25, 0.3) is 0 Å². The Morgan fingerprint density at radius 2 is 2.50 bits per heavy atom. The molecule has 1 heterocycles. The zero-order valence-electron chi connectivity index (χ0n) is 7.81. The zero-order valence-corrected chi connectivity index (χ0v) is 8.56. The Morgan fingerprint density at radius 3 is 3.08 bits per heavy atom. The summed E-state index contributed by atoms with van der Waals surface area (Å²) in [5, 5.41) is 3.41. The fraction of sp³-hybridized carbons (Fsp3) is 0.778. The van der Waals surface area contributed by atoms with Crippen LogP contribution < -0.4 is 5.32 Å². The number of rotatable bonds is 2. The van der Waals surface area contributed by atoms with Gasteiger partial charge in [-0.25, -0.2) is 0 Å². The number of piperazine rings is 1. The first kappa shape index (κ1) is 10.0. The van der Waals surface area contributed by atoms with Gasteiger partial charge in [-0.05, 0) is 19.4 Å². The second-order valence-electron chi connectivity index (χ2n) is 3.55. The van der Waals surface area contributed by atoms with Gasteiger partial charge in [0.05, 0.1) is 0 Å². The van der Waals surface area contributed by atoms with Crippen LogP contribution in [0.4, 0.5) is 0 Å². The molecule has 2 nitrogen and oxygen atoms in total. The molecule has 1 fully saturated rings. The van der Waals surface area contributed by atoms with Gasteiger partial charge < -0.3 is 5.32 Å². The molecule has 1 saturated heterocycles. The van der Waals surface area contributed by atoms with Gasteiger partial charge in [0.2, 0.25) is 0 Å². The largest absolute Gasteiger partial charge is 0.312 e. The molecule has 70 valence electrons. The highest BCUT2D eigenvalue weighted by atomic mass is 35.5. The van der Waals surface area contributed by atoms with Crippen LogP contribution in [-0.2, 0) is 0 Å². The van der Waals surface area contributed by atoms with Gasteiger partial charge in [0.1, 0.15) is 0 Å². The highest BCUT2D eigenvalue weighted by molar-refractivity contribution is 6.25. The minimum absolute atomic E-state index is 0.613. The number of nitrogens with one attached hydrogen (secondary N) is 1. The van der Waals surface area contributed by atoms with Crippen LogP contribution in [0.5, 0.6) is 0 Å². The lowest BCUT2D eigenvalue weighted by molar-refractivity contribution is 0.222. The second kappa shape index (κ2) is 4.85. The third-order valence-electron chi connectivity index (χ3n) is 2.11. The first-order chi connectivity index (χ1) is 5.72. The van der Waals surface area contributed by atoms with Gasteiger partial charge in [-0.1, -0.05) is 11.6 Å². The Hall–Kier alpha value is -0.0500. The summed E-state index contributed by atoms with van der Waals surface area (Å²) in [5.74, 6) is 0. The van der Waals surface area contributed by atoms with Crippen molar-refractivity contribution in [2.45, 2.75) is 19.9 Å². The first-order valence-corrected chi connectivity index (χ1v) is 4.87. The monoisotopic (exact) mass is 188 g/mol. The molecule has 1 rings (SSSR count). The molecule has 12 heavy (non-hydrogen) atoms. The van der Waals surface area contributed by atoms with Gasteiger partial charge in [0.15, 0.2) is 0 Å². The van der Waals surface area contributed by atoms with E-state index in [9.17, 15) is 0 Å². The molecule has 3 heteroatoms. The summed E-state index contributed by atoms with van der Waals surface area (Å²) in [7, 11) is 0. The Bertz CT molecular complexity index is 168. The molecule has 0 amide bonds. The van der Waals surface area contributed by atoms with E-state index in [1.54, 1.807) is 5.54 Å². The predicted molar refractivity (Wildman–Crippen MR) is 53.5 cm³/mol. The standard InChI is InChI=1S/C9H17ClN2/c1-8(5-10)6-12-4-3-11-9(2)7-12/h5,9,11H,3-4,6-7H2,1-2H3/b8-5+/t9-/m1/s1. The summed E-state index contributed by atoms with van der Waals surface area (Å²) in [6, 6.07) is 0.613. The van der Waals surface area contributed by atoms with E-state index in [4.69, 9.17) is 11.6 Å². The van der Waals surface area contributed by atoms with E-state index in [1.807, 2.05) is 0 Å². The van der Waals surface area contributed by atoms with Crippen LogP contribution in [0.1, 0.15) is 13.8 Å². The van der Waals surface area contributed by atoms with Gasteiger partial charge in [-0.3, -0.25) is 4.90 Å². The third-order valence-corrected chi connectivity index (χ3v) is 2.48. The molecule has 1 atom stereocenters. The van der Waals surface area contributed by atoms with Crippen molar-refractivity contribution in [2.24, 2.45) is 0 Å². The fourth-order valence-electron chi connectivity index (χ4n) is 1.54. The van der Waals surface area contributed by atoms with E-state index < -0.39 is 0 Å². The average molecular weight is 189 g/mol. The van der Waals surface area contributed by atoms with E-state index in [0.29, 0.717) is 6.04 Å². The van der Waals surface area contributed by atoms with Crippen molar-refractivity contribution >= 4 is 11.6 Å². The van der Waals surface area contributed by atoms with Crippen molar-refractivity contribution in [3.8, 4) is 0 Å². The summed E-state index contributed by atoms with van der Waals surface area (Å²) < 4.78 is 0. The zero-order chi connectivity index (χ0) is 8.97. The van der Waals surface area contributed by atoms with Crippen molar-refractivity contribution in [2.75, 3.05) is 26.2 Å². The summed E-state index contributed by atoms with van der Waals surface area (Å²) in [5.41, 5.74) is 2.91. The number of halogens is 1. The molecule has 1 aliphatic heterocycles. The maximum atomic E-state index is 5.60. The molecule has 1 aliphatic rings. The molecule has 0 unspecified atom stereocenters. The summed E-state index contributed by atoms with van der Waals surface area (Å²) >= 11 is 5.60. The minimum Gasteiger partial charge on any atom is -0.312 e. The molecular formula is C9H17ClN2. The Labute approximate surface area is 79.6 Å². The molecule has 0 aromatic carbocycles. The molecular weight excluding hydrogens is 172 g/mol. The third kappa shape index (κ3) is 3.13. The Balaban J connectivity index is 2.32. The molecule has 0 spiro atoms. The van der Waals surface area contributed by atoms with Gasteiger partial charge in [-0.15, -0.1) is 0 Å². The van der Waals surface area contributed by atoms with Crippen molar-refractivity contribution < 1.29 is 0 Å². The van der Waals surface area contributed by atoms with Crippen LogP contribution in [0, 0.1) is 0 Å². The van der Waals surface area contributed by atoms with Crippen LogP contribution in [-0.4, -0.2) is 37.1 Å².